The molecular weight excluding hydrogens is 166 g/mol. The SMILES string of the molecule is O=c1[nH]c2cc(C3CC3)ccc2o1. The number of fused-ring (bicyclic) bond motifs is 1. The maximum Gasteiger partial charge on any atom is 0.417 e. The molecule has 0 saturated heterocycles. The highest BCUT2D eigenvalue weighted by atomic mass is 16.4. The molecule has 1 fully saturated rings. The molecule has 1 saturated carbocycles. The Bertz CT molecular complexity index is 505. The van der Waals surface area contributed by atoms with E-state index in [0.717, 1.165) is 5.52 Å². The lowest BCUT2D eigenvalue weighted by atomic mass is 10.1. The van der Waals surface area contributed by atoms with Gasteiger partial charge in [0.1, 0.15) is 0 Å². The zero-order valence-electron chi connectivity index (χ0n) is 7.04. The summed E-state index contributed by atoms with van der Waals surface area (Å²) in [6.45, 7) is 0. The largest absolute Gasteiger partial charge is 0.417 e. The van der Waals surface area contributed by atoms with Gasteiger partial charge in [0.25, 0.3) is 0 Å². The Hall–Kier alpha value is -1.51. The fourth-order valence-electron chi connectivity index (χ4n) is 1.64. The highest BCUT2D eigenvalue weighted by molar-refractivity contribution is 5.73. The van der Waals surface area contributed by atoms with Gasteiger partial charge in [-0.05, 0) is 36.5 Å². The highest BCUT2D eigenvalue weighted by Crippen LogP contribution is 2.40. The van der Waals surface area contributed by atoms with Crippen LogP contribution in [0.5, 0.6) is 0 Å². The van der Waals surface area contributed by atoms with Crippen molar-refractivity contribution < 1.29 is 4.42 Å². The fourth-order valence-corrected chi connectivity index (χ4v) is 1.64. The van der Waals surface area contributed by atoms with E-state index in [1.165, 1.54) is 18.4 Å². The predicted octanol–water partition coefficient (Wildman–Crippen LogP) is 2.00. The van der Waals surface area contributed by atoms with Gasteiger partial charge in [-0.15, -0.1) is 0 Å². The third kappa shape index (κ3) is 1.08. The summed E-state index contributed by atoms with van der Waals surface area (Å²) >= 11 is 0. The zero-order chi connectivity index (χ0) is 8.84. The van der Waals surface area contributed by atoms with E-state index in [2.05, 4.69) is 4.98 Å². The summed E-state index contributed by atoms with van der Waals surface area (Å²) in [6, 6.07) is 5.91. The van der Waals surface area contributed by atoms with Gasteiger partial charge < -0.3 is 4.42 Å². The monoisotopic (exact) mass is 175 g/mol. The summed E-state index contributed by atoms with van der Waals surface area (Å²) in [5, 5.41) is 0. The smallest absolute Gasteiger partial charge is 0.408 e. The molecule has 3 rings (SSSR count). The van der Waals surface area contributed by atoms with E-state index < -0.39 is 0 Å². The number of rotatable bonds is 1. The Morgan fingerprint density at radius 2 is 2.23 bits per heavy atom. The Kier molecular flexibility index (Phi) is 1.20. The number of benzene rings is 1. The van der Waals surface area contributed by atoms with Gasteiger partial charge >= 0.3 is 5.76 Å². The first-order valence-electron chi connectivity index (χ1n) is 4.46. The molecule has 0 amide bonds. The lowest BCUT2D eigenvalue weighted by Crippen LogP contribution is -1.92. The minimum absolute atomic E-state index is 0.372. The number of oxazole rings is 1. The van der Waals surface area contributed by atoms with Crippen LogP contribution in [0.25, 0.3) is 11.1 Å². The van der Waals surface area contributed by atoms with E-state index in [1.807, 2.05) is 18.2 Å². The minimum Gasteiger partial charge on any atom is -0.408 e. The summed E-state index contributed by atoms with van der Waals surface area (Å²) in [5.74, 6) is 0.339. The van der Waals surface area contributed by atoms with Crippen molar-refractivity contribution in [2.75, 3.05) is 0 Å². The fraction of sp³-hybridized carbons (Fsp3) is 0.300. The van der Waals surface area contributed by atoms with Crippen LogP contribution in [0.2, 0.25) is 0 Å². The third-order valence-electron chi connectivity index (χ3n) is 2.49. The zero-order valence-corrected chi connectivity index (χ0v) is 7.04. The molecular formula is C10H9NO2. The molecule has 0 unspecified atom stereocenters. The summed E-state index contributed by atoms with van der Waals surface area (Å²) in [5.41, 5.74) is 2.77. The van der Waals surface area contributed by atoms with E-state index in [0.29, 0.717) is 11.5 Å². The van der Waals surface area contributed by atoms with Crippen molar-refractivity contribution in [2.24, 2.45) is 0 Å². The van der Waals surface area contributed by atoms with Gasteiger partial charge in [-0.3, -0.25) is 4.98 Å². The van der Waals surface area contributed by atoms with Gasteiger partial charge in [0.2, 0.25) is 0 Å². The van der Waals surface area contributed by atoms with Crippen molar-refractivity contribution in [3.63, 3.8) is 0 Å². The summed E-state index contributed by atoms with van der Waals surface area (Å²) in [7, 11) is 0. The van der Waals surface area contributed by atoms with Crippen molar-refractivity contribution >= 4 is 11.1 Å². The number of hydrogen-bond donors (Lipinski definition) is 1. The van der Waals surface area contributed by atoms with Gasteiger partial charge in [-0.1, -0.05) is 6.07 Å². The quantitative estimate of drug-likeness (QED) is 0.720. The molecule has 0 bridgehead atoms. The third-order valence-corrected chi connectivity index (χ3v) is 2.49. The molecule has 13 heavy (non-hydrogen) atoms. The molecule has 1 heterocycles. The standard InChI is InChI=1S/C10H9NO2/c12-10-11-8-5-7(6-1-2-6)3-4-9(8)13-10/h3-6H,1-2H2,(H,11,12). The van der Waals surface area contributed by atoms with Crippen LogP contribution in [0.4, 0.5) is 0 Å². The lowest BCUT2D eigenvalue weighted by molar-refractivity contribution is 0.555. The second kappa shape index (κ2) is 2.25. The van der Waals surface area contributed by atoms with Gasteiger partial charge in [-0.2, -0.15) is 0 Å². The second-order valence-electron chi connectivity index (χ2n) is 3.54. The molecule has 66 valence electrons. The average molecular weight is 175 g/mol. The lowest BCUT2D eigenvalue weighted by Gasteiger charge is -1.95. The maximum absolute atomic E-state index is 10.9. The molecule has 1 aromatic carbocycles. The van der Waals surface area contributed by atoms with Gasteiger partial charge in [0.05, 0.1) is 5.52 Å². The van der Waals surface area contributed by atoms with Crippen LogP contribution in [-0.2, 0) is 0 Å². The number of hydrogen-bond acceptors (Lipinski definition) is 2. The van der Waals surface area contributed by atoms with Crippen LogP contribution in [0.1, 0.15) is 24.3 Å². The molecule has 3 nitrogen and oxygen atoms in total. The molecule has 1 aliphatic carbocycles. The van der Waals surface area contributed by atoms with E-state index in [9.17, 15) is 4.79 Å². The summed E-state index contributed by atoms with van der Waals surface area (Å²) in [4.78, 5) is 13.5. The maximum atomic E-state index is 10.9. The molecule has 2 aromatic rings. The molecule has 0 spiro atoms. The molecule has 1 N–H and O–H groups in total. The van der Waals surface area contributed by atoms with Crippen LogP contribution >= 0.6 is 0 Å². The van der Waals surface area contributed by atoms with Crippen LogP contribution < -0.4 is 5.76 Å². The normalized spacial score (nSPS) is 16.6. The molecule has 1 aromatic heterocycles. The Morgan fingerprint density at radius 1 is 1.38 bits per heavy atom. The molecule has 3 heteroatoms. The van der Waals surface area contributed by atoms with E-state index >= 15 is 0 Å². The number of H-pyrrole nitrogens is 1. The molecule has 0 radical (unpaired) electrons. The first-order chi connectivity index (χ1) is 6.33. The molecule has 0 aliphatic heterocycles. The Labute approximate surface area is 74.4 Å². The van der Waals surface area contributed by atoms with Crippen LogP contribution in [-0.4, -0.2) is 4.98 Å². The van der Waals surface area contributed by atoms with Crippen LogP contribution in [0.15, 0.2) is 27.4 Å². The van der Waals surface area contributed by atoms with Gasteiger partial charge in [-0.25, -0.2) is 4.79 Å². The number of nitrogens with one attached hydrogen (secondary N) is 1. The first kappa shape index (κ1) is 6.95. The van der Waals surface area contributed by atoms with E-state index in [-0.39, 0.29) is 5.76 Å². The Balaban J connectivity index is 2.25. The predicted molar refractivity (Wildman–Crippen MR) is 48.8 cm³/mol. The van der Waals surface area contributed by atoms with E-state index in [1.54, 1.807) is 0 Å². The van der Waals surface area contributed by atoms with Crippen LogP contribution in [0.3, 0.4) is 0 Å². The van der Waals surface area contributed by atoms with Crippen molar-refractivity contribution in [3.05, 3.63) is 34.3 Å². The van der Waals surface area contributed by atoms with Crippen molar-refractivity contribution in [1.82, 2.24) is 4.98 Å². The van der Waals surface area contributed by atoms with E-state index in [4.69, 9.17) is 4.42 Å². The average Bonchev–Trinajstić information content (AvgIpc) is 2.87. The topological polar surface area (TPSA) is 46.0 Å². The highest BCUT2D eigenvalue weighted by Gasteiger charge is 2.23. The van der Waals surface area contributed by atoms with Gasteiger partial charge in [0.15, 0.2) is 5.58 Å². The van der Waals surface area contributed by atoms with Crippen LogP contribution in [0, 0.1) is 0 Å². The first-order valence-corrected chi connectivity index (χ1v) is 4.46. The number of aromatic amines is 1. The summed E-state index contributed by atoms with van der Waals surface area (Å²) < 4.78 is 4.91. The number of aromatic nitrogens is 1. The van der Waals surface area contributed by atoms with Crippen molar-refractivity contribution in [3.8, 4) is 0 Å². The van der Waals surface area contributed by atoms with Crippen molar-refractivity contribution in [1.29, 1.82) is 0 Å². The molecule has 1 aliphatic rings. The second-order valence-corrected chi connectivity index (χ2v) is 3.54. The summed E-state index contributed by atoms with van der Waals surface area (Å²) in [6.07, 6.45) is 2.54. The van der Waals surface area contributed by atoms with Gasteiger partial charge in [0, 0.05) is 0 Å². The molecule has 0 atom stereocenters. The Morgan fingerprint density at radius 3 is 3.00 bits per heavy atom. The van der Waals surface area contributed by atoms with Crippen molar-refractivity contribution in [2.45, 2.75) is 18.8 Å². The minimum atomic E-state index is -0.372.